The van der Waals surface area contributed by atoms with Crippen molar-refractivity contribution in [3.63, 3.8) is 0 Å². The number of hydrogen-bond acceptors (Lipinski definition) is 7. The van der Waals surface area contributed by atoms with Crippen LogP contribution in [0, 0.1) is 0 Å². The number of benzene rings is 1. The molecule has 0 saturated carbocycles. The molecule has 2 aromatic rings. The van der Waals surface area contributed by atoms with E-state index >= 15 is 0 Å². The van der Waals surface area contributed by atoms with Gasteiger partial charge in [-0.3, -0.25) is 4.79 Å². The Hall–Kier alpha value is -2.69. The minimum atomic E-state index is -3.89. The highest BCUT2D eigenvalue weighted by atomic mass is 32.2. The Kier molecular flexibility index (Phi) is 2.97. The molecule has 10 nitrogen and oxygen atoms in total. The van der Waals surface area contributed by atoms with Crippen LogP contribution in [0.25, 0.3) is 0 Å². The van der Waals surface area contributed by atoms with Crippen LogP contribution in [0.2, 0.25) is 0 Å². The van der Waals surface area contributed by atoms with Crippen LogP contribution in [0.4, 0.5) is 11.6 Å². The number of ether oxygens (including phenoxy) is 1. The summed E-state index contributed by atoms with van der Waals surface area (Å²) >= 11 is 0. The van der Waals surface area contributed by atoms with Gasteiger partial charge in [-0.15, -0.1) is 5.10 Å². The summed E-state index contributed by atoms with van der Waals surface area (Å²) in [6.45, 7) is 1.60. The van der Waals surface area contributed by atoms with E-state index < -0.39 is 16.1 Å². The molecule has 1 aliphatic rings. The lowest BCUT2D eigenvalue weighted by molar-refractivity contribution is -0.122. The fraction of sp³-hybridized carbons (Fsp3) is 0.200. The molecule has 0 bridgehead atoms. The van der Waals surface area contributed by atoms with Crippen molar-refractivity contribution in [1.29, 1.82) is 0 Å². The summed E-state index contributed by atoms with van der Waals surface area (Å²) in [7, 11) is -3.89. The average Bonchev–Trinajstić information content (AvgIpc) is 2.91. The standard InChI is InChI=1S/C10H10N6O4S/c1-5-9(17)11-7-4-6(2-3-8(7)20-5)21(18,19)14-10-12-15-16-13-10/h2-5H,1H3,(H,11,17)(H2,12,13,14,15,16)/t5-/m0/s1. The topological polar surface area (TPSA) is 139 Å². The normalized spacial score (nSPS) is 17.6. The Morgan fingerprint density at radius 1 is 1.38 bits per heavy atom. The van der Waals surface area contributed by atoms with Gasteiger partial charge in [0, 0.05) is 0 Å². The number of amides is 1. The van der Waals surface area contributed by atoms with Gasteiger partial charge >= 0.3 is 0 Å². The molecule has 3 N–H and O–H groups in total. The predicted molar refractivity (Wildman–Crippen MR) is 70.1 cm³/mol. The van der Waals surface area contributed by atoms with E-state index in [1.165, 1.54) is 18.2 Å². The zero-order chi connectivity index (χ0) is 15.0. The number of fused-ring (bicyclic) bond motifs is 1. The number of H-pyrrole nitrogens is 1. The Morgan fingerprint density at radius 2 is 2.19 bits per heavy atom. The minimum absolute atomic E-state index is 0.0653. The molecule has 1 amide bonds. The lowest BCUT2D eigenvalue weighted by Crippen LogP contribution is -2.34. The summed E-state index contributed by atoms with van der Waals surface area (Å²) in [5.74, 6) is -0.120. The molecule has 21 heavy (non-hydrogen) atoms. The van der Waals surface area contributed by atoms with Crippen LogP contribution < -0.4 is 14.8 Å². The molecule has 0 aliphatic carbocycles. The molecule has 2 heterocycles. The van der Waals surface area contributed by atoms with Gasteiger partial charge in [-0.05, 0) is 30.3 Å². The number of nitrogens with one attached hydrogen (secondary N) is 3. The van der Waals surface area contributed by atoms with Crippen molar-refractivity contribution in [1.82, 2.24) is 20.6 Å². The van der Waals surface area contributed by atoms with Gasteiger partial charge in [-0.2, -0.15) is 5.21 Å². The summed E-state index contributed by atoms with van der Waals surface area (Å²) in [6.07, 6.45) is -0.627. The van der Waals surface area contributed by atoms with Crippen molar-refractivity contribution in [2.24, 2.45) is 0 Å². The van der Waals surface area contributed by atoms with Gasteiger partial charge < -0.3 is 10.1 Å². The quantitative estimate of drug-likeness (QED) is 0.708. The number of carbonyl (C=O) groups is 1. The fourth-order valence-corrected chi connectivity index (χ4v) is 2.70. The van der Waals surface area contributed by atoms with Crippen LogP contribution in [-0.2, 0) is 14.8 Å². The first-order chi connectivity index (χ1) is 9.95. The second-order valence-corrected chi connectivity index (χ2v) is 5.93. The van der Waals surface area contributed by atoms with Crippen LogP contribution in [0.15, 0.2) is 23.1 Å². The van der Waals surface area contributed by atoms with Crippen molar-refractivity contribution >= 4 is 27.6 Å². The number of aromatic nitrogens is 4. The van der Waals surface area contributed by atoms with Gasteiger partial charge in [0.05, 0.1) is 10.6 Å². The number of nitrogens with zero attached hydrogens (tertiary/aromatic N) is 3. The Labute approximate surface area is 118 Å². The van der Waals surface area contributed by atoms with E-state index in [1.54, 1.807) is 6.92 Å². The van der Waals surface area contributed by atoms with Gasteiger partial charge in [0.2, 0.25) is 0 Å². The van der Waals surface area contributed by atoms with E-state index in [0.717, 1.165) is 0 Å². The number of rotatable bonds is 3. The number of tetrazole rings is 1. The van der Waals surface area contributed by atoms with Crippen LogP contribution in [0.1, 0.15) is 6.92 Å². The molecule has 0 saturated heterocycles. The summed E-state index contributed by atoms with van der Waals surface area (Å²) < 4.78 is 31.8. The number of aromatic amines is 1. The van der Waals surface area contributed by atoms with Gasteiger partial charge in [-0.1, -0.05) is 5.10 Å². The first kappa shape index (κ1) is 13.3. The molecule has 1 aliphatic heterocycles. The molecule has 11 heteroatoms. The van der Waals surface area contributed by atoms with Crippen molar-refractivity contribution in [3.05, 3.63) is 18.2 Å². The molecule has 0 unspecified atom stereocenters. The first-order valence-electron chi connectivity index (χ1n) is 5.83. The van der Waals surface area contributed by atoms with E-state index in [0.29, 0.717) is 5.75 Å². The van der Waals surface area contributed by atoms with Crippen LogP contribution in [0.3, 0.4) is 0 Å². The highest BCUT2D eigenvalue weighted by molar-refractivity contribution is 7.92. The second kappa shape index (κ2) is 4.70. The maximum atomic E-state index is 12.1. The number of anilines is 2. The predicted octanol–water partition coefficient (Wildman–Crippen LogP) is -0.280. The average molecular weight is 310 g/mol. The van der Waals surface area contributed by atoms with Gasteiger partial charge in [0.15, 0.2) is 6.10 Å². The molecule has 1 aromatic heterocycles. The maximum absolute atomic E-state index is 12.1. The fourth-order valence-electron chi connectivity index (χ4n) is 1.74. The molecule has 0 radical (unpaired) electrons. The third-order valence-electron chi connectivity index (χ3n) is 2.76. The summed E-state index contributed by atoms with van der Waals surface area (Å²) in [5, 5.41) is 15.0. The lowest BCUT2D eigenvalue weighted by atomic mass is 10.2. The SMILES string of the molecule is C[C@@H]1Oc2ccc(S(=O)(=O)Nc3nn[nH]n3)cc2NC1=O. The lowest BCUT2D eigenvalue weighted by Gasteiger charge is -2.23. The third-order valence-corrected chi connectivity index (χ3v) is 4.09. The Morgan fingerprint density at radius 3 is 2.90 bits per heavy atom. The zero-order valence-electron chi connectivity index (χ0n) is 10.7. The minimum Gasteiger partial charge on any atom is -0.479 e. The molecule has 1 atom stereocenters. The van der Waals surface area contributed by atoms with Crippen molar-refractivity contribution in [3.8, 4) is 5.75 Å². The van der Waals surface area contributed by atoms with Crippen molar-refractivity contribution < 1.29 is 17.9 Å². The van der Waals surface area contributed by atoms with E-state index in [1.807, 2.05) is 0 Å². The molecule has 1 aromatic carbocycles. The van der Waals surface area contributed by atoms with Gasteiger partial charge in [0.25, 0.3) is 21.9 Å². The summed E-state index contributed by atoms with van der Waals surface area (Å²) in [5.41, 5.74) is 0.286. The van der Waals surface area contributed by atoms with E-state index in [9.17, 15) is 13.2 Å². The Bertz CT molecular complexity index is 788. The summed E-state index contributed by atoms with van der Waals surface area (Å²) in [6, 6.07) is 4.11. The number of hydrogen-bond donors (Lipinski definition) is 3. The number of sulfonamides is 1. The van der Waals surface area contributed by atoms with E-state index in [-0.39, 0.29) is 22.4 Å². The number of carbonyl (C=O) groups excluding carboxylic acids is 1. The molecular formula is C10H10N6O4S. The molecule has 0 spiro atoms. The van der Waals surface area contributed by atoms with E-state index in [4.69, 9.17) is 4.74 Å². The molecule has 110 valence electrons. The highest BCUT2D eigenvalue weighted by Crippen LogP contribution is 2.32. The van der Waals surface area contributed by atoms with Crippen LogP contribution >= 0.6 is 0 Å². The largest absolute Gasteiger partial charge is 0.479 e. The van der Waals surface area contributed by atoms with Crippen molar-refractivity contribution in [2.75, 3.05) is 10.0 Å². The molecule has 3 rings (SSSR count). The van der Waals surface area contributed by atoms with Crippen LogP contribution in [0.5, 0.6) is 5.75 Å². The highest BCUT2D eigenvalue weighted by Gasteiger charge is 2.26. The molecule has 0 fully saturated rings. The summed E-state index contributed by atoms with van der Waals surface area (Å²) in [4.78, 5) is 11.5. The Balaban J connectivity index is 1.93. The van der Waals surface area contributed by atoms with Gasteiger partial charge in [-0.25, -0.2) is 13.1 Å². The first-order valence-corrected chi connectivity index (χ1v) is 7.32. The third kappa shape index (κ3) is 2.50. The second-order valence-electron chi connectivity index (χ2n) is 4.25. The maximum Gasteiger partial charge on any atom is 0.276 e. The monoisotopic (exact) mass is 310 g/mol. The van der Waals surface area contributed by atoms with Gasteiger partial charge in [0.1, 0.15) is 5.75 Å². The smallest absolute Gasteiger partial charge is 0.276 e. The van der Waals surface area contributed by atoms with Crippen LogP contribution in [-0.4, -0.2) is 41.1 Å². The molecular weight excluding hydrogens is 300 g/mol. The van der Waals surface area contributed by atoms with Crippen molar-refractivity contribution in [2.45, 2.75) is 17.9 Å². The van der Waals surface area contributed by atoms with E-state index in [2.05, 4.69) is 30.7 Å². The zero-order valence-corrected chi connectivity index (χ0v) is 11.5.